The van der Waals surface area contributed by atoms with Crippen LogP contribution in [-0.4, -0.2) is 4.98 Å². The molecule has 4 aromatic rings. The van der Waals surface area contributed by atoms with Crippen LogP contribution < -0.4 is 4.57 Å². The summed E-state index contributed by atoms with van der Waals surface area (Å²) in [7, 11) is 1.89. The second-order valence-electron chi connectivity index (χ2n) is 10.2. The second-order valence-corrected chi connectivity index (χ2v) is 10.2. The monoisotopic (exact) mass is 418 g/mol. The molecule has 0 radical (unpaired) electrons. The number of benzene rings is 1. The van der Waals surface area contributed by atoms with Crippen molar-refractivity contribution in [2.75, 3.05) is 0 Å². The minimum atomic E-state index is -2.79. The molecule has 3 heteroatoms. The summed E-state index contributed by atoms with van der Waals surface area (Å²) in [6.45, 7) is 8.48. The maximum absolute atomic E-state index is 8.38. The number of hydrogen-bond donors (Lipinski definition) is 0. The first-order chi connectivity index (χ1) is 16.6. The lowest BCUT2D eigenvalue weighted by Crippen LogP contribution is -2.36. The number of pyridine rings is 2. The Hall–Kier alpha value is -2.68. The fraction of sp³-hybridized carbons (Fsp3) is 0.429. The first-order valence-corrected chi connectivity index (χ1v) is 10.9. The molecule has 3 aromatic heterocycles. The highest BCUT2D eigenvalue weighted by Gasteiger charge is 2.42. The van der Waals surface area contributed by atoms with Crippen molar-refractivity contribution in [3.8, 4) is 11.3 Å². The Morgan fingerprint density at radius 2 is 1.90 bits per heavy atom. The normalized spacial score (nSPS) is 20.5. The van der Waals surface area contributed by atoms with Crippen molar-refractivity contribution in [2.24, 2.45) is 7.05 Å². The quantitative estimate of drug-likeness (QED) is 0.339. The van der Waals surface area contributed by atoms with Crippen molar-refractivity contribution in [2.45, 2.75) is 71.5 Å². The summed E-state index contributed by atoms with van der Waals surface area (Å²) >= 11 is 0. The molecule has 0 aliphatic heterocycles. The Morgan fingerprint density at radius 3 is 2.65 bits per heavy atom. The maximum Gasteiger partial charge on any atom is 0.227 e. The van der Waals surface area contributed by atoms with Gasteiger partial charge in [-0.1, -0.05) is 34.5 Å². The van der Waals surface area contributed by atoms with Crippen molar-refractivity contribution >= 4 is 22.1 Å². The van der Waals surface area contributed by atoms with E-state index in [1.807, 2.05) is 17.7 Å². The van der Waals surface area contributed by atoms with Crippen molar-refractivity contribution < 1.29 is 15.8 Å². The van der Waals surface area contributed by atoms with Gasteiger partial charge in [0.25, 0.3) is 0 Å². The number of aryl methyl sites for hydroxylation is 2. The molecule has 31 heavy (non-hydrogen) atoms. The minimum Gasteiger partial charge on any atom is -0.437 e. The Bertz CT molecular complexity index is 1530. The third kappa shape index (κ3) is 2.86. The molecule has 0 N–H and O–H groups in total. The average Bonchev–Trinajstić information content (AvgIpc) is 3.15. The van der Waals surface area contributed by atoms with E-state index >= 15 is 0 Å². The van der Waals surface area contributed by atoms with Crippen molar-refractivity contribution in [1.29, 1.82) is 0 Å². The van der Waals surface area contributed by atoms with Gasteiger partial charge in [-0.25, -0.2) is 9.55 Å². The fourth-order valence-corrected chi connectivity index (χ4v) is 5.57. The van der Waals surface area contributed by atoms with Gasteiger partial charge in [0.05, 0.1) is 5.56 Å². The Kier molecular flexibility index (Phi) is 3.26. The van der Waals surface area contributed by atoms with E-state index in [2.05, 4.69) is 45.7 Å². The number of rotatable bonds is 2. The molecule has 0 saturated carbocycles. The van der Waals surface area contributed by atoms with Gasteiger partial charge >= 0.3 is 0 Å². The molecule has 1 aliphatic rings. The van der Waals surface area contributed by atoms with E-state index < -0.39 is 13.2 Å². The molecule has 5 rings (SSSR count). The molecule has 0 spiro atoms. The van der Waals surface area contributed by atoms with E-state index in [1.54, 1.807) is 24.5 Å². The summed E-state index contributed by atoms with van der Waals surface area (Å²) in [5.41, 5.74) is 6.49. The Balaban J connectivity index is 1.98. The van der Waals surface area contributed by atoms with Crippen molar-refractivity contribution in [3.05, 3.63) is 58.9 Å². The van der Waals surface area contributed by atoms with Crippen LogP contribution in [0.15, 0.2) is 41.1 Å². The molecule has 3 heterocycles. The number of hydrogen-bond acceptors (Lipinski definition) is 2. The predicted octanol–water partition coefficient (Wildman–Crippen LogP) is 6.69. The number of furan rings is 1. The molecule has 0 saturated heterocycles. The molecule has 0 fully saturated rings. The SMILES string of the molecule is [2H]C([2H])([2H])C([2H])([2H])c1cc[n+](C)c(-c2c(C)c3c(c4c2oc2ncccc24)C(C)(C)CCC3(C)C)c1. The van der Waals surface area contributed by atoms with Crippen LogP contribution in [0.4, 0.5) is 0 Å². The molecule has 0 atom stereocenters. The summed E-state index contributed by atoms with van der Waals surface area (Å²) < 4.78 is 48.5. The Morgan fingerprint density at radius 1 is 1.16 bits per heavy atom. The summed E-state index contributed by atoms with van der Waals surface area (Å²) in [5.74, 6) is 0. The molecule has 0 amide bonds. The highest BCUT2D eigenvalue weighted by atomic mass is 16.3. The molecule has 0 unspecified atom stereocenters. The topological polar surface area (TPSA) is 29.9 Å². The van der Waals surface area contributed by atoms with Crippen LogP contribution in [0, 0.1) is 6.92 Å². The second kappa shape index (κ2) is 6.66. The van der Waals surface area contributed by atoms with Gasteiger partial charge in [0.2, 0.25) is 11.4 Å². The predicted molar refractivity (Wildman–Crippen MR) is 128 cm³/mol. The molecule has 1 aliphatic carbocycles. The average molecular weight is 419 g/mol. The highest BCUT2D eigenvalue weighted by molar-refractivity contribution is 6.12. The summed E-state index contributed by atoms with van der Waals surface area (Å²) in [4.78, 5) is 4.52. The van der Waals surface area contributed by atoms with Gasteiger partial charge in [-0.3, -0.25) is 0 Å². The van der Waals surface area contributed by atoms with Gasteiger partial charge in [-0.2, -0.15) is 0 Å². The van der Waals surface area contributed by atoms with Crippen LogP contribution in [0.25, 0.3) is 33.3 Å². The van der Waals surface area contributed by atoms with Crippen LogP contribution >= 0.6 is 0 Å². The van der Waals surface area contributed by atoms with Crippen LogP contribution in [-0.2, 0) is 24.3 Å². The van der Waals surface area contributed by atoms with E-state index in [-0.39, 0.29) is 16.4 Å². The van der Waals surface area contributed by atoms with E-state index in [0.717, 1.165) is 34.7 Å². The van der Waals surface area contributed by atoms with Gasteiger partial charge in [-0.15, -0.1) is 0 Å². The minimum absolute atomic E-state index is 0.0676. The largest absolute Gasteiger partial charge is 0.437 e. The van der Waals surface area contributed by atoms with Crippen LogP contribution in [0.2, 0.25) is 0 Å². The lowest BCUT2D eigenvalue weighted by molar-refractivity contribution is -0.660. The fourth-order valence-electron chi connectivity index (χ4n) is 5.57. The van der Waals surface area contributed by atoms with E-state index in [9.17, 15) is 0 Å². The van der Waals surface area contributed by atoms with Gasteiger partial charge in [0.15, 0.2) is 11.8 Å². The number of nitrogens with zero attached hydrogens (tertiary/aromatic N) is 2. The van der Waals surface area contributed by atoms with Gasteiger partial charge in [0, 0.05) is 36.0 Å². The summed E-state index contributed by atoms with van der Waals surface area (Å²) in [6.07, 6.45) is 3.06. The van der Waals surface area contributed by atoms with Gasteiger partial charge in [-0.05, 0) is 71.4 Å². The smallest absolute Gasteiger partial charge is 0.227 e. The number of aromatic nitrogens is 2. The zero-order valence-electron chi connectivity index (χ0n) is 24.2. The van der Waals surface area contributed by atoms with E-state index in [1.165, 1.54) is 11.1 Å². The van der Waals surface area contributed by atoms with Crippen molar-refractivity contribution in [1.82, 2.24) is 4.98 Å². The van der Waals surface area contributed by atoms with Gasteiger partial charge in [0.1, 0.15) is 7.05 Å². The first-order valence-electron chi connectivity index (χ1n) is 13.4. The van der Waals surface area contributed by atoms with Crippen LogP contribution in [0.5, 0.6) is 0 Å². The highest BCUT2D eigenvalue weighted by Crippen LogP contribution is 2.54. The standard InChI is InChI=1S/C28H33N2O/c1-8-18-11-15-30(7)20(16-18)21-17(2)23-24(28(5,6)13-12-27(23,3)4)22-19-10-9-14-29-26(19)31-25(21)22/h9-11,14-16H,8,12-13H2,1-7H3/q+1/i1D3,8D2. The zero-order chi connectivity index (χ0) is 26.4. The molecule has 160 valence electrons. The van der Waals surface area contributed by atoms with Crippen LogP contribution in [0.3, 0.4) is 0 Å². The summed E-state index contributed by atoms with van der Waals surface area (Å²) in [6, 6.07) is 7.20. The molecular formula is C28H33N2O+. The molecular weight excluding hydrogens is 380 g/mol. The maximum atomic E-state index is 8.38. The first kappa shape index (κ1) is 15.2. The van der Waals surface area contributed by atoms with E-state index in [0.29, 0.717) is 17.0 Å². The van der Waals surface area contributed by atoms with Crippen molar-refractivity contribution in [3.63, 3.8) is 0 Å². The zero-order valence-corrected chi connectivity index (χ0v) is 19.2. The molecule has 3 nitrogen and oxygen atoms in total. The molecule has 1 aromatic carbocycles. The molecule has 0 bridgehead atoms. The summed E-state index contributed by atoms with van der Waals surface area (Å²) in [5, 5.41) is 2.02. The van der Waals surface area contributed by atoms with E-state index in [4.69, 9.17) is 11.3 Å². The third-order valence-corrected chi connectivity index (χ3v) is 7.22. The lowest BCUT2D eigenvalue weighted by Gasteiger charge is -2.43. The Labute approximate surface area is 192 Å². The lowest BCUT2D eigenvalue weighted by atomic mass is 9.60. The third-order valence-electron chi connectivity index (χ3n) is 7.22. The number of fused-ring (bicyclic) bond motifs is 5. The van der Waals surface area contributed by atoms with Crippen LogP contribution in [0.1, 0.15) is 76.5 Å². The van der Waals surface area contributed by atoms with Gasteiger partial charge < -0.3 is 4.42 Å².